The lowest BCUT2D eigenvalue weighted by molar-refractivity contribution is 0.102. The highest BCUT2D eigenvalue weighted by molar-refractivity contribution is 6.33. The first-order chi connectivity index (χ1) is 12.1. The van der Waals surface area contributed by atoms with E-state index in [1.54, 1.807) is 0 Å². The first kappa shape index (κ1) is 17.4. The van der Waals surface area contributed by atoms with E-state index in [0.717, 1.165) is 18.6 Å². The lowest BCUT2D eigenvalue weighted by atomic mass is 10.1. The molecule has 0 unspecified atom stereocenters. The van der Waals surface area contributed by atoms with Crippen molar-refractivity contribution in [3.8, 4) is 11.5 Å². The van der Waals surface area contributed by atoms with Gasteiger partial charge in [0.1, 0.15) is 11.5 Å². The molecule has 0 radical (unpaired) electrons. The lowest BCUT2D eigenvalue weighted by Gasteiger charge is -2.14. The Morgan fingerprint density at radius 3 is 2.52 bits per heavy atom. The third-order valence-corrected chi connectivity index (χ3v) is 4.61. The number of anilines is 2. The van der Waals surface area contributed by atoms with Gasteiger partial charge in [0.2, 0.25) is 0 Å². The fourth-order valence-electron chi connectivity index (χ4n) is 2.93. The van der Waals surface area contributed by atoms with Gasteiger partial charge >= 0.3 is 0 Å². The molecule has 1 amide bonds. The molecule has 0 atom stereocenters. The molecule has 3 rings (SSSR count). The number of nitrogen functional groups attached to an aromatic ring is 1. The van der Waals surface area contributed by atoms with Crippen molar-refractivity contribution >= 4 is 28.9 Å². The van der Waals surface area contributed by atoms with Crippen LogP contribution in [0.2, 0.25) is 5.02 Å². The summed E-state index contributed by atoms with van der Waals surface area (Å²) in [5.41, 5.74) is 7.10. The van der Waals surface area contributed by atoms with E-state index in [4.69, 9.17) is 26.8 Å². The van der Waals surface area contributed by atoms with E-state index < -0.39 is 0 Å². The van der Waals surface area contributed by atoms with Gasteiger partial charge in [0.25, 0.3) is 5.91 Å². The SMILES string of the molecule is COc1cc(N)c(Cl)cc1C(=O)Nc1ccc(OC2CCCC2)cc1. The number of methoxy groups -OCH3 is 1. The molecule has 1 aliphatic carbocycles. The second-order valence-electron chi connectivity index (χ2n) is 6.08. The molecular formula is C19H21ClN2O3. The number of halogens is 1. The van der Waals surface area contributed by atoms with E-state index in [1.165, 1.54) is 32.1 Å². The van der Waals surface area contributed by atoms with Gasteiger partial charge in [0, 0.05) is 11.8 Å². The van der Waals surface area contributed by atoms with E-state index >= 15 is 0 Å². The number of carbonyl (C=O) groups is 1. The summed E-state index contributed by atoms with van der Waals surface area (Å²) in [7, 11) is 1.48. The van der Waals surface area contributed by atoms with E-state index in [9.17, 15) is 4.79 Å². The number of hydrogen-bond acceptors (Lipinski definition) is 4. The summed E-state index contributed by atoms with van der Waals surface area (Å²) in [6.45, 7) is 0. The summed E-state index contributed by atoms with van der Waals surface area (Å²) < 4.78 is 11.1. The van der Waals surface area contributed by atoms with Crippen LogP contribution in [0.5, 0.6) is 11.5 Å². The van der Waals surface area contributed by atoms with Gasteiger partial charge in [-0.25, -0.2) is 0 Å². The molecule has 3 N–H and O–H groups in total. The van der Waals surface area contributed by atoms with Crippen LogP contribution in [0.1, 0.15) is 36.0 Å². The van der Waals surface area contributed by atoms with Gasteiger partial charge < -0.3 is 20.5 Å². The summed E-state index contributed by atoms with van der Waals surface area (Å²) in [6, 6.07) is 10.4. The van der Waals surface area contributed by atoms with Crippen LogP contribution in [0.4, 0.5) is 11.4 Å². The van der Waals surface area contributed by atoms with Gasteiger partial charge in [0.05, 0.1) is 29.5 Å². The second kappa shape index (κ2) is 7.66. The maximum atomic E-state index is 12.5. The summed E-state index contributed by atoms with van der Waals surface area (Å²) in [5, 5.41) is 3.14. The van der Waals surface area contributed by atoms with Crippen molar-refractivity contribution in [2.75, 3.05) is 18.2 Å². The molecule has 0 aliphatic heterocycles. The molecule has 0 saturated heterocycles. The predicted octanol–water partition coefficient (Wildman–Crippen LogP) is 4.50. The molecule has 1 saturated carbocycles. The quantitative estimate of drug-likeness (QED) is 0.769. The minimum atomic E-state index is -0.316. The van der Waals surface area contributed by atoms with Crippen molar-refractivity contribution in [1.29, 1.82) is 0 Å². The van der Waals surface area contributed by atoms with Gasteiger partial charge in [-0.1, -0.05) is 11.6 Å². The van der Waals surface area contributed by atoms with Crippen molar-refractivity contribution in [2.45, 2.75) is 31.8 Å². The zero-order chi connectivity index (χ0) is 17.8. The Morgan fingerprint density at radius 2 is 1.88 bits per heavy atom. The van der Waals surface area contributed by atoms with Crippen molar-refractivity contribution in [3.63, 3.8) is 0 Å². The summed E-state index contributed by atoms with van der Waals surface area (Å²) >= 11 is 6.01. The standard InChI is InChI=1S/C19H21ClN2O3/c1-24-18-11-17(21)16(20)10-15(18)19(23)22-12-6-8-14(9-7-12)25-13-4-2-3-5-13/h6-11,13H,2-5,21H2,1H3,(H,22,23). The van der Waals surface area contributed by atoms with Gasteiger partial charge in [0.15, 0.2) is 0 Å². The average Bonchev–Trinajstić information content (AvgIpc) is 3.11. The van der Waals surface area contributed by atoms with Gasteiger partial charge in [-0.15, -0.1) is 0 Å². The van der Waals surface area contributed by atoms with Crippen LogP contribution >= 0.6 is 11.6 Å². The molecule has 6 heteroatoms. The Morgan fingerprint density at radius 1 is 1.20 bits per heavy atom. The van der Waals surface area contributed by atoms with Crippen LogP contribution in [-0.2, 0) is 0 Å². The number of ether oxygens (including phenoxy) is 2. The minimum absolute atomic E-state index is 0.307. The number of nitrogens with one attached hydrogen (secondary N) is 1. The molecule has 0 aromatic heterocycles. The van der Waals surface area contributed by atoms with Gasteiger partial charge in [-0.05, 0) is 56.0 Å². The molecule has 1 aliphatic rings. The molecule has 0 bridgehead atoms. The van der Waals surface area contributed by atoms with E-state index in [-0.39, 0.29) is 5.91 Å². The molecule has 0 heterocycles. The van der Waals surface area contributed by atoms with E-state index in [2.05, 4.69) is 5.32 Å². The first-order valence-electron chi connectivity index (χ1n) is 8.28. The number of nitrogens with two attached hydrogens (primary N) is 1. The third-order valence-electron chi connectivity index (χ3n) is 4.28. The maximum Gasteiger partial charge on any atom is 0.259 e. The predicted molar refractivity (Wildman–Crippen MR) is 99.7 cm³/mol. The van der Waals surface area contributed by atoms with Crippen molar-refractivity contribution in [2.24, 2.45) is 0 Å². The number of amides is 1. The highest BCUT2D eigenvalue weighted by atomic mass is 35.5. The van der Waals surface area contributed by atoms with Crippen LogP contribution in [0, 0.1) is 0 Å². The monoisotopic (exact) mass is 360 g/mol. The smallest absolute Gasteiger partial charge is 0.259 e. The summed E-state index contributed by atoms with van der Waals surface area (Å²) in [6.07, 6.45) is 4.98. The van der Waals surface area contributed by atoms with Crippen LogP contribution < -0.4 is 20.5 Å². The van der Waals surface area contributed by atoms with Crippen molar-refractivity contribution in [1.82, 2.24) is 0 Å². The number of hydrogen-bond donors (Lipinski definition) is 2. The molecule has 5 nitrogen and oxygen atoms in total. The lowest BCUT2D eigenvalue weighted by Crippen LogP contribution is -2.14. The number of carbonyl (C=O) groups excluding carboxylic acids is 1. The molecule has 0 spiro atoms. The van der Waals surface area contributed by atoms with Crippen LogP contribution in [0.25, 0.3) is 0 Å². The average molecular weight is 361 g/mol. The maximum absolute atomic E-state index is 12.5. The zero-order valence-corrected chi connectivity index (χ0v) is 14.8. The molecular weight excluding hydrogens is 340 g/mol. The Balaban J connectivity index is 1.69. The largest absolute Gasteiger partial charge is 0.496 e. The van der Waals surface area contributed by atoms with Gasteiger partial charge in [-0.3, -0.25) is 4.79 Å². The number of benzene rings is 2. The minimum Gasteiger partial charge on any atom is -0.496 e. The zero-order valence-electron chi connectivity index (χ0n) is 14.0. The first-order valence-corrected chi connectivity index (χ1v) is 8.65. The number of rotatable bonds is 5. The molecule has 2 aromatic carbocycles. The molecule has 1 fully saturated rings. The van der Waals surface area contributed by atoms with E-state index in [1.807, 2.05) is 24.3 Å². The topological polar surface area (TPSA) is 73.6 Å². The van der Waals surface area contributed by atoms with E-state index in [0.29, 0.717) is 33.8 Å². The Kier molecular flexibility index (Phi) is 5.34. The van der Waals surface area contributed by atoms with Crippen molar-refractivity contribution < 1.29 is 14.3 Å². The highest BCUT2D eigenvalue weighted by Crippen LogP contribution is 2.30. The Hall–Kier alpha value is -2.40. The normalized spacial score (nSPS) is 14.3. The molecule has 2 aromatic rings. The third kappa shape index (κ3) is 4.17. The molecule has 132 valence electrons. The van der Waals surface area contributed by atoms with Gasteiger partial charge in [-0.2, -0.15) is 0 Å². The van der Waals surface area contributed by atoms with Crippen LogP contribution in [-0.4, -0.2) is 19.1 Å². The summed E-state index contributed by atoms with van der Waals surface area (Å²) in [5.74, 6) is 0.877. The fraction of sp³-hybridized carbons (Fsp3) is 0.316. The summed E-state index contributed by atoms with van der Waals surface area (Å²) in [4.78, 5) is 12.5. The Bertz CT molecular complexity index is 756. The van der Waals surface area contributed by atoms with Crippen LogP contribution in [0.15, 0.2) is 36.4 Å². The highest BCUT2D eigenvalue weighted by Gasteiger charge is 2.17. The second-order valence-corrected chi connectivity index (χ2v) is 6.48. The van der Waals surface area contributed by atoms with Crippen molar-refractivity contribution in [3.05, 3.63) is 47.0 Å². The van der Waals surface area contributed by atoms with Crippen LogP contribution in [0.3, 0.4) is 0 Å². The fourth-order valence-corrected chi connectivity index (χ4v) is 3.09. The molecule has 25 heavy (non-hydrogen) atoms. The Labute approximate surface area is 152 Å².